The van der Waals surface area contributed by atoms with Crippen LogP contribution in [0, 0.1) is 0 Å². The van der Waals surface area contributed by atoms with Gasteiger partial charge in [0, 0.05) is 6.54 Å². The van der Waals surface area contributed by atoms with Crippen LogP contribution in [0.3, 0.4) is 0 Å². The normalized spacial score (nSPS) is 19.6. The number of nitrogens with zero attached hydrogens (tertiary/aromatic N) is 1. The van der Waals surface area contributed by atoms with E-state index in [-0.39, 0.29) is 19.1 Å². The number of rotatable bonds is 3. The van der Waals surface area contributed by atoms with E-state index in [0.29, 0.717) is 17.2 Å². The summed E-state index contributed by atoms with van der Waals surface area (Å²) in [6, 6.07) is 0.756. The number of ether oxygens (including phenoxy) is 2. The lowest BCUT2D eigenvalue weighted by Gasteiger charge is -2.32. The van der Waals surface area contributed by atoms with Crippen LogP contribution < -0.4 is 4.74 Å². The molecule has 18 heavy (non-hydrogen) atoms. The average Bonchev–Trinajstić information content (AvgIpc) is 2.86. The Kier molecular flexibility index (Phi) is 3.83. The van der Waals surface area contributed by atoms with Gasteiger partial charge in [0.05, 0.1) is 20.3 Å². The van der Waals surface area contributed by atoms with Crippen LogP contribution in [-0.4, -0.2) is 54.8 Å². The Hall–Kier alpha value is -1.60. The molecule has 0 aromatic carbocycles. The van der Waals surface area contributed by atoms with Crippen LogP contribution in [0.25, 0.3) is 0 Å². The molecule has 2 rings (SSSR count). The fourth-order valence-corrected chi connectivity index (χ4v) is 2.61. The quantitative estimate of drug-likeness (QED) is 0.875. The van der Waals surface area contributed by atoms with Crippen LogP contribution in [0.15, 0.2) is 11.4 Å². The number of carbonyl (C=O) groups is 2. The van der Waals surface area contributed by atoms with Crippen molar-refractivity contribution in [1.29, 1.82) is 0 Å². The number of carboxylic acid groups (broad SMARTS) is 1. The molecule has 1 saturated heterocycles. The lowest BCUT2D eigenvalue weighted by atomic mass is 10.2. The molecule has 6 nitrogen and oxygen atoms in total. The minimum atomic E-state index is -1.06. The first kappa shape index (κ1) is 12.8. The van der Waals surface area contributed by atoms with Gasteiger partial charge in [-0.1, -0.05) is 0 Å². The maximum atomic E-state index is 12.3. The number of methoxy groups -OCH3 is 1. The monoisotopic (exact) mass is 271 g/mol. The van der Waals surface area contributed by atoms with Gasteiger partial charge in [-0.3, -0.25) is 4.79 Å². The van der Waals surface area contributed by atoms with Gasteiger partial charge in [-0.2, -0.15) is 0 Å². The Balaban J connectivity index is 2.23. The Morgan fingerprint density at radius 1 is 1.61 bits per heavy atom. The SMILES string of the molecule is COc1ccsc1C(=O)N1CCOC[C@H]1C(=O)O. The summed E-state index contributed by atoms with van der Waals surface area (Å²) in [7, 11) is 1.48. The summed E-state index contributed by atoms with van der Waals surface area (Å²) in [5.74, 6) is -0.906. The second-order valence-electron chi connectivity index (χ2n) is 3.75. The molecular weight excluding hydrogens is 258 g/mol. The van der Waals surface area contributed by atoms with Gasteiger partial charge < -0.3 is 19.5 Å². The van der Waals surface area contributed by atoms with Crippen molar-refractivity contribution < 1.29 is 24.2 Å². The minimum Gasteiger partial charge on any atom is -0.495 e. The van der Waals surface area contributed by atoms with Crippen molar-refractivity contribution in [1.82, 2.24) is 4.90 Å². The number of carbonyl (C=O) groups excluding carboxylic acids is 1. The van der Waals surface area contributed by atoms with E-state index in [2.05, 4.69) is 0 Å². The van der Waals surface area contributed by atoms with Crippen molar-refractivity contribution in [3.63, 3.8) is 0 Å². The molecule has 0 spiro atoms. The van der Waals surface area contributed by atoms with Crippen LogP contribution in [0.2, 0.25) is 0 Å². The van der Waals surface area contributed by atoms with E-state index in [1.807, 2.05) is 0 Å². The summed E-state index contributed by atoms with van der Waals surface area (Å²) in [6.07, 6.45) is 0. The molecule has 1 aromatic rings. The van der Waals surface area contributed by atoms with E-state index >= 15 is 0 Å². The van der Waals surface area contributed by atoms with Gasteiger partial charge in [0.2, 0.25) is 0 Å². The van der Waals surface area contributed by atoms with Crippen molar-refractivity contribution in [2.75, 3.05) is 26.9 Å². The molecule has 0 bridgehead atoms. The summed E-state index contributed by atoms with van der Waals surface area (Å²) < 4.78 is 10.2. The number of amides is 1. The molecule has 1 aromatic heterocycles. The summed E-state index contributed by atoms with van der Waals surface area (Å²) >= 11 is 1.24. The third-order valence-corrected chi connectivity index (χ3v) is 3.60. The van der Waals surface area contributed by atoms with Crippen LogP contribution >= 0.6 is 11.3 Å². The van der Waals surface area contributed by atoms with Crippen LogP contribution in [0.1, 0.15) is 9.67 Å². The van der Waals surface area contributed by atoms with Crippen LogP contribution in [0.4, 0.5) is 0 Å². The predicted octanol–water partition coefficient (Wildman–Crippen LogP) is 0.682. The molecule has 0 radical (unpaired) electrons. The summed E-state index contributed by atoms with van der Waals surface area (Å²) in [5, 5.41) is 10.8. The van der Waals surface area contributed by atoms with Crippen molar-refractivity contribution >= 4 is 23.2 Å². The summed E-state index contributed by atoms with van der Waals surface area (Å²) in [5.41, 5.74) is 0. The lowest BCUT2D eigenvalue weighted by Crippen LogP contribution is -2.52. The highest BCUT2D eigenvalue weighted by Gasteiger charge is 2.34. The fourth-order valence-electron chi connectivity index (χ4n) is 1.80. The zero-order valence-corrected chi connectivity index (χ0v) is 10.6. The molecule has 1 amide bonds. The minimum absolute atomic E-state index is 0.0226. The van der Waals surface area contributed by atoms with E-state index in [1.54, 1.807) is 11.4 Å². The highest BCUT2D eigenvalue weighted by Crippen LogP contribution is 2.27. The molecular formula is C11H13NO5S. The summed E-state index contributed by atoms with van der Waals surface area (Å²) in [4.78, 5) is 25.1. The smallest absolute Gasteiger partial charge is 0.328 e. The summed E-state index contributed by atoms with van der Waals surface area (Å²) in [6.45, 7) is 0.648. The van der Waals surface area contributed by atoms with Gasteiger partial charge in [-0.25, -0.2) is 4.79 Å². The largest absolute Gasteiger partial charge is 0.495 e. The molecule has 0 aliphatic carbocycles. The number of morpholine rings is 1. The maximum Gasteiger partial charge on any atom is 0.328 e. The molecule has 7 heteroatoms. The zero-order valence-electron chi connectivity index (χ0n) is 9.79. The van der Waals surface area contributed by atoms with Gasteiger partial charge in [-0.15, -0.1) is 11.3 Å². The molecule has 0 saturated carbocycles. The van der Waals surface area contributed by atoms with Crippen molar-refractivity contribution in [3.05, 3.63) is 16.3 Å². The molecule has 1 aliphatic heterocycles. The van der Waals surface area contributed by atoms with Crippen LogP contribution in [-0.2, 0) is 9.53 Å². The highest BCUT2D eigenvalue weighted by molar-refractivity contribution is 7.12. The number of hydrogen-bond donors (Lipinski definition) is 1. The Bertz CT molecular complexity index is 458. The third kappa shape index (κ3) is 2.32. The van der Waals surface area contributed by atoms with Gasteiger partial charge in [0.15, 0.2) is 6.04 Å². The second kappa shape index (κ2) is 5.36. The molecule has 0 unspecified atom stereocenters. The van der Waals surface area contributed by atoms with Gasteiger partial charge in [-0.05, 0) is 11.4 Å². The average molecular weight is 271 g/mol. The molecule has 1 atom stereocenters. The topological polar surface area (TPSA) is 76.1 Å². The van der Waals surface area contributed by atoms with Gasteiger partial charge >= 0.3 is 5.97 Å². The molecule has 2 heterocycles. The molecule has 98 valence electrons. The third-order valence-electron chi connectivity index (χ3n) is 2.72. The van der Waals surface area contributed by atoms with Crippen LogP contribution in [0.5, 0.6) is 5.75 Å². The Labute approximate surface area is 108 Å². The van der Waals surface area contributed by atoms with Crippen molar-refractivity contribution in [2.24, 2.45) is 0 Å². The predicted molar refractivity (Wildman–Crippen MR) is 64.2 cm³/mol. The van der Waals surface area contributed by atoms with Crippen molar-refractivity contribution in [3.8, 4) is 5.75 Å². The molecule has 1 fully saturated rings. The van der Waals surface area contributed by atoms with E-state index in [9.17, 15) is 9.59 Å². The highest BCUT2D eigenvalue weighted by atomic mass is 32.1. The number of hydrogen-bond acceptors (Lipinski definition) is 5. The fraction of sp³-hybridized carbons (Fsp3) is 0.455. The Morgan fingerprint density at radius 2 is 2.39 bits per heavy atom. The lowest BCUT2D eigenvalue weighted by molar-refractivity contribution is -0.147. The van der Waals surface area contributed by atoms with E-state index in [1.165, 1.54) is 23.3 Å². The van der Waals surface area contributed by atoms with E-state index in [0.717, 1.165) is 0 Å². The standard InChI is InChI=1S/C11H13NO5S/c1-16-8-2-5-18-9(8)10(13)12-3-4-17-6-7(12)11(14)15/h2,5,7H,3-4,6H2,1H3,(H,14,15)/t7-/m0/s1. The first-order valence-corrected chi connectivity index (χ1v) is 6.26. The molecule has 1 N–H and O–H groups in total. The van der Waals surface area contributed by atoms with Gasteiger partial charge in [0.25, 0.3) is 5.91 Å². The Morgan fingerprint density at radius 3 is 3.06 bits per heavy atom. The number of aliphatic carboxylic acids is 1. The van der Waals surface area contributed by atoms with Crippen molar-refractivity contribution in [2.45, 2.75) is 6.04 Å². The zero-order chi connectivity index (χ0) is 13.1. The number of thiophene rings is 1. The van der Waals surface area contributed by atoms with E-state index < -0.39 is 12.0 Å². The van der Waals surface area contributed by atoms with Gasteiger partial charge in [0.1, 0.15) is 10.6 Å². The maximum absolute atomic E-state index is 12.3. The van der Waals surface area contributed by atoms with E-state index in [4.69, 9.17) is 14.6 Å². The number of carboxylic acids is 1. The molecule has 1 aliphatic rings. The first-order chi connectivity index (χ1) is 8.65. The second-order valence-corrected chi connectivity index (χ2v) is 4.66. The first-order valence-electron chi connectivity index (χ1n) is 5.38.